The van der Waals surface area contributed by atoms with E-state index in [2.05, 4.69) is 5.32 Å². The van der Waals surface area contributed by atoms with Gasteiger partial charge >= 0.3 is 0 Å². The summed E-state index contributed by atoms with van der Waals surface area (Å²) < 4.78 is 24.3. The first-order chi connectivity index (χ1) is 10.9. The summed E-state index contributed by atoms with van der Waals surface area (Å²) in [6, 6.07) is 3.84. The molecule has 1 aromatic rings. The zero-order valence-corrected chi connectivity index (χ0v) is 14.5. The molecule has 126 valence electrons. The molecule has 1 aliphatic rings. The number of nitrogens with one attached hydrogen (secondary N) is 1. The maximum atomic E-state index is 12.1. The molecule has 0 atom stereocenters. The molecular formula is C15H20N2O4S2. The predicted octanol–water partition coefficient (Wildman–Crippen LogP) is 0.913. The Morgan fingerprint density at radius 2 is 2.09 bits per heavy atom. The van der Waals surface area contributed by atoms with E-state index in [1.165, 1.54) is 13.1 Å². The van der Waals surface area contributed by atoms with Crippen molar-refractivity contribution in [2.75, 3.05) is 25.9 Å². The molecule has 0 aliphatic carbocycles. The third kappa shape index (κ3) is 4.90. The Bertz CT molecular complexity index is 672. The molecule has 1 saturated heterocycles. The van der Waals surface area contributed by atoms with Crippen molar-refractivity contribution in [3.63, 3.8) is 0 Å². The van der Waals surface area contributed by atoms with Crippen molar-refractivity contribution in [1.29, 1.82) is 0 Å². The Kier molecular flexibility index (Phi) is 5.95. The highest BCUT2D eigenvalue weighted by molar-refractivity contribution is 7.92. The van der Waals surface area contributed by atoms with Crippen molar-refractivity contribution in [2.45, 2.75) is 18.1 Å². The minimum atomic E-state index is -3.46. The van der Waals surface area contributed by atoms with E-state index in [-0.39, 0.29) is 5.91 Å². The second kappa shape index (κ2) is 7.74. The topological polar surface area (TPSA) is 83.6 Å². The maximum absolute atomic E-state index is 12.1. The normalized spacial score (nSPS) is 16.7. The van der Waals surface area contributed by atoms with Crippen molar-refractivity contribution in [2.24, 2.45) is 0 Å². The van der Waals surface area contributed by atoms with Gasteiger partial charge in [-0.05, 0) is 30.4 Å². The molecule has 0 bridgehead atoms. The van der Waals surface area contributed by atoms with Crippen LogP contribution in [0.1, 0.15) is 17.7 Å². The number of rotatable bonds is 5. The largest absolute Gasteiger partial charge is 0.358 e. The lowest BCUT2D eigenvalue weighted by atomic mass is 10.1. The molecule has 0 spiro atoms. The van der Waals surface area contributed by atoms with Gasteiger partial charge in [0.15, 0.2) is 9.84 Å². The van der Waals surface area contributed by atoms with Crippen LogP contribution in [0, 0.1) is 0 Å². The summed E-state index contributed by atoms with van der Waals surface area (Å²) in [6.07, 6.45) is 4.03. The number of likely N-dealkylation sites (tertiary alicyclic amines) is 1. The number of thiophene rings is 1. The highest BCUT2D eigenvalue weighted by atomic mass is 32.2. The zero-order valence-electron chi connectivity index (χ0n) is 12.9. The van der Waals surface area contributed by atoms with Gasteiger partial charge in [0, 0.05) is 31.1 Å². The summed E-state index contributed by atoms with van der Waals surface area (Å²) in [5.74, 6) is -1.09. The van der Waals surface area contributed by atoms with Gasteiger partial charge in [-0.15, -0.1) is 11.3 Å². The lowest BCUT2D eigenvalue weighted by Gasteiger charge is -2.30. The van der Waals surface area contributed by atoms with Gasteiger partial charge in [0.2, 0.25) is 11.8 Å². The molecule has 0 saturated carbocycles. The summed E-state index contributed by atoms with van der Waals surface area (Å²) in [4.78, 5) is 26.0. The van der Waals surface area contributed by atoms with Crippen molar-refractivity contribution >= 4 is 39.1 Å². The number of amides is 2. The summed E-state index contributed by atoms with van der Waals surface area (Å²) >= 11 is 1.55. The molecule has 0 radical (unpaired) electrons. The second-order valence-corrected chi connectivity index (χ2v) is 8.61. The van der Waals surface area contributed by atoms with Crippen molar-refractivity contribution < 1.29 is 18.0 Å². The van der Waals surface area contributed by atoms with Gasteiger partial charge < -0.3 is 10.2 Å². The first-order valence-corrected chi connectivity index (χ1v) is 9.94. The molecule has 6 nitrogen and oxygen atoms in total. The molecule has 2 amide bonds. The SMILES string of the molecule is CNC(=O)CS(=O)(=O)C1CCN(C(=O)/C=C/c2cccs2)CC1. The second-order valence-electron chi connectivity index (χ2n) is 5.35. The van der Waals surface area contributed by atoms with E-state index in [0.717, 1.165) is 4.88 Å². The van der Waals surface area contributed by atoms with Gasteiger partial charge in [-0.2, -0.15) is 0 Å². The number of nitrogens with zero attached hydrogens (tertiary/aromatic N) is 1. The fraction of sp³-hybridized carbons (Fsp3) is 0.467. The fourth-order valence-corrected chi connectivity index (χ4v) is 4.75. The molecule has 8 heteroatoms. The van der Waals surface area contributed by atoms with E-state index >= 15 is 0 Å². The molecule has 1 aliphatic heterocycles. The van der Waals surface area contributed by atoms with E-state index in [9.17, 15) is 18.0 Å². The zero-order chi connectivity index (χ0) is 16.9. The molecule has 1 aromatic heterocycles. The lowest BCUT2D eigenvalue weighted by Crippen LogP contribution is -2.43. The van der Waals surface area contributed by atoms with Gasteiger partial charge in [-0.25, -0.2) is 8.42 Å². The van der Waals surface area contributed by atoms with Crippen LogP contribution in [0.4, 0.5) is 0 Å². The summed E-state index contributed by atoms with van der Waals surface area (Å²) in [5, 5.41) is 3.71. The number of piperidine rings is 1. The number of carbonyl (C=O) groups is 2. The minimum Gasteiger partial charge on any atom is -0.358 e. The number of hydrogen-bond acceptors (Lipinski definition) is 5. The van der Waals surface area contributed by atoms with Gasteiger partial charge in [-0.3, -0.25) is 9.59 Å². The standard InChI is InChI=1S/C15H20N2O4S2/c1-16-14(18)11-23(20,21)13-6-8-17(9-7-13)15(19)5-4-12-3-2-10-22-12/h2-5,10,13H,6-9,11H2,1H3,(H,16,18)/b5-4+. The van der Waals surface area contributed by atoms with Crippen LogP contribution in [0.3, 0.4) is 0 Å². The van der Waals surface area contributed by atoms with Crippen LogP contribution >= 0.6 is 11.3 Å². The van der Waals surface area contributed by atoms with Crippen LogP contribution < -0.4 is 5.32 Å². The van der Waals surface area contributed by atoms with Crippen LogP contribution in [0.2, 0.25) is 0 Å². The summed E-state index contributed by atoms with van der Waals surface area (Å²) in [7, 11) is -2.04. The molecule has 1 N–H and O–H groups in total. The van der Waals surface area contributed by atoms with E-state index in [0.29, 0.717) is 25.9 Å². The van der Waals surface area contributed by atoms with Gasteiger partial charge in [0.05, 0.1) is 5.25 Å². The molecule has 0 unspecified atom stereocenters. The predicted molar refractivity (Wildman–Crippen MR) is 90.8 cm³/mol. The number of hydrogen-bond donors (Lipinski definition) is 1. The molecule has 0 aromatic carbocycles. The van der Waals surface area contributed by atoms with Crippen molar-refractivity contribution in [1.82, 2.24) is 10.2 Å². The van der Waals surface area contributed by atoms with E-state index in [1.807, 2.05) is 17.5 Å². The van der Waals surface area contributed by atoms with E-state index < -0.39 is 26.7 Å². The highest BCUT2D eigenvalue weighted by Gasteiger charge is 2.32. The first-order valence-electron chi connectivity index (χ1n) is 7.35. The maximum Gasteiger partial charge on any atom is 0.246 e. The lowest BCUT2D eigenvalue weighted by molar-refractivity contribution is -0.126. The Balaban J connectivity index is 1.88. The quantitative estimate of drug-likeness (QED) is 0.795. The average molecular weight is 356 g/mol. The Morgan fingerprint density at radius 3 is 2.65 bits per heavy atom. The van der Waals surface area contributed by atoms with Crippen LogP contribution in [0.15, 0.2) is 23.6 Å². The Hall–Kier alpha value is -1.67. The molecule has 2 rings (SSSR count). The summed E-state index contributed by atoms with van der Waals surface area (Å²) in [5.41, 5.74) is 0. The molecular weight excluding hydrogens is 336 g/mol. The molecule has 23 heavy (non-hydrogen) atoms. The van der Waals surface area contributed by atoms with E-state index in [1.54, 1.807) is 22.3 Å². The van der Waals surface area contributed by atoms with E-state index in [4.69, 9.17) is 0 Å². The van der Waals surface area contributed by atoms with Crippen LogP contribution in [0.5, 0.6) is 0 Å². The monoisotopic (exact) mass is 356 g/mol. The van der Waals surface area contributed by atoms with Gasteiger partial charge in [-0.1, -0.05) is 6.07 Å². The third-order valence-corrected chi connectivity index (χ3v) is 6.80. The number of sulfone groups is 1. The first kappa shape index (κ1) is 17.7. The Labute approximate surface area is 140 Å². The minimum absolute atomic E-state index is 0.111. The molecule has 1 fully saturated rings. The smallest absolute Gasteiger partial charge is 0.246 e. The Morgan fingerprint density at radius 1 is 1.39 bits per heavy atom. The number of carbonyl (C=O) groups excluding carboxylic acids is 2. The van der Waals surface area contributed by atoms with Gasteiger partial charge in [0.1, 0.15) is 5.75 Å². The van der Waals surface area contributed by atoms with Crippen molar-refractivity contribution in [3.05, 3.63) is 28.5 Å². The molecule has 2 heterocycles. The van der Waals surface area contributed by atoms with Gasteiger partial charge in [0.25, 0.3) is 0 Å². The summed E-state index contributed by atoms with van der Waals surface area (Å²) in [6.45, 7) is 0.788. The third-order valence-electron chi connectivity index (χ3n) is 3.81. The van der Waals surface area contributed by atoms with Crippen LogP contribution in [-0.2, 0) is 19.4 Å². The highest BCUT2D eigenvalue weighted by Crippen LogP contribution is 2.19. The average Bonchev–Trinajstić information content (AvgIpc) is 3.05. The fourth-order valence-electron chi connectivity index (χ4n) is 2.45. The van der Waals surface area contributed by atoms with Crippen LogP contribution in [0.25, 0.3) is 6.08 Å². The van der Waals surface area contributed by atoms with Crippen molar-refractivity contribution in [3.8, 4) is 0 Å². The van der Waals surface area contributed by atoms with Crippen LogP contribution in [-0.4, -0.2) is 56.3 Å².